The van der Waals surface area contributed by atoms with Crippen LogP contribution in [0.15, 0.2) is 48.5 Å². The topological polar surface area (TPSA) is 38.3 Å². The van der Waals surface area contributed by atoms with Gasteiger partial charge in [-0.2, -0.15) is 0 Å². The average molecular weight is 332 g/mol. The molecule has 2 aromatic carbocycles. The molecule has 3 nitrogen and oxygen atoms in total. The van der Waals surface area contributed by atoms with Gasteiger partial charge >= 0.3 is 0 Å². The van der Waals surface area contributed by atoms with Gasteiger partial charge in [0.15, 0.2) is 6.10 Å². The van der Waals surface area contributed by atoms with Crippen molar-refractivity contribution in [2.24, 2.45) is 0 Å². The van der Waals surface area contributed by atoms with E-state index in [0.717, 1.165) is 12.1 Å². The zero-order valence-corrected chi connectivity index (χ0v) is 14.4. The Morgan fingerprint density at radius 3 is 2.48 bits per heavy atom. The number of hydrogen-bond acceptors (Lipinski definition) is 2. The Bertz CT molecular complexity index is 655. The number of carbonyl (C=O) groups is 1. The predicted molar refractivity (Wildman–Crippen MR) is 95.3 cm³/mol. The van der Waals surface area contributed by atoms with Crippen LogP contribution in [0.5, 0.6) is 5.75 Å². The number of ether oxygens (including phenoxy) is 1. The van der Waals surface area contributed by atoms with Gasteiger partial charge in [-0.15, -0.1) is 0 Å². The third-order valence-electron chi connectivity index (χ3n) is 3.84. The van der Waals surface area contributed by atoms with Crippen LogP contribution < -0.4 is 10.1 Å². The Morgan fingerprint density at radius 1 is 1.17 bits per heavy atom. The van der Waals surface area contributed by atoms with Crippen molar-refractivity contribution in [2.45, 2.75) is 39.2 Å². The molecule has 2 aromatic rings. The highest BCUT2D eigenvalue weighted by molar-refractivity contribution is 6.30. The second kappa shape index (κ2) is 8.02. The van der Waals surface area contributed by atoms with Gasteiger partial charge in [-0.1, -0.05) is 43.6 Å². The van der Waals surface area contributed by atoms with Gasteiger partial charge in [-0.05, 0) is 55.2 Å². The van der Waals surface area contributed by atoms with E-state index >= 15 is 0 Å². The van der Waals surface area contributed by atoms with Gasteiger partial charge in [0.2, 0.25) is 0 Å². The van der Waals surface area contributed by atoms with E-state index in [1.54, 1.807) is 31.2 Å². The Hall–Kier alpha value is -2.00. The van der Waals surface area contributed by atoms with Crippen LogP contribution in [0, 0.1) is 0 Å². The van der Waals surface area contributed by atoms with Gasteiger partial charge in [0.1, 0.15) is 5.75 Å². The predicted octanol–water partition coefficient (Wildman–Crippen LogP) is 5.26. The molecular formula is C19H22ClNO2. The minimum Gasteiger partial charge on any atom is -0.481 e. The maximum Gasteiger partial charge on any atom is 0.265 e. The molecule has 0 unspecified atom stereocenters. The summed E-state index contributed by atoms with van der Waals surface area (Å²) in [7, 11) is 0. The van der Waals surface area contributed by atoms with E-state index in [0.29, 0.717) is 16.7 Å². The second-order valence-electron chi connectivity index (χ2n) is 5.64. The lowest BCUT2D eigenvalue weighted by molar-refractivity contribution is -0.122. The molecule has 4 heteroatoms. The van der Waals surface area contributed by atoms with E-state index in [-0.39, 0.29) is 5.91 Å². The number of nitrogens with one attached hydrogen (secondary N) is 1. The number of carbonyl (C=O) groups excluding carboxylic acids is 1. The van der Waals surface area contributed by atoms with E-state index in [1.807, 2.05) is 24.3 Å². The summed E-state index contributed by atoms with van der Waals surface area (Å²) in [6.07, 6.45) is 0.485. The van der Waals surface area contributed by atoms with Crippen molar-refractivity contribution in [3.05, 3.63) is 59.1 Å². The van der Waals surface area contributed by atoms with Gasteiger partial charge < -0.3 is 10.1 Å². The average Bonchev–Trinajstić information content (AvgIpc) is 2.54. The minimum atomic E-state index is -0.609. The molecule has 0 fully saturated rings. The number of halogens is 1. The first-order chi connectivity index (χ1) is 11.0. The first-order valence-electron chi connectivity index (χ1n) is 7.82. The zero-order chi connectivity index (χ0) is 16.8. The largest absolute Gasteiger partial charge is 0.481 e. The molecular weight excluding hydrogens is 310 g/mol. The van der Waals surface area contributed by atoms with Crippen LogP contribution in [0.1, 0.15) is 38.7 Å². The number of anilines is 1. The third-order valence-corrected chi connectivity index (χ3v) is 4.07. The van der Waals surface area contributed by atoms with Gasteiger partial charge in [0.05, 0.1) is 0 Å². The van der Waals surface area contributed by atoms with Gasteiger partial charge in [-0.25, -0.2) is 0 Å². The summed E-state index contributed by atoms with van der Waals surface area (Å²) in [4.78, 5) is 12.2. The fraction of sp³-hybridized carbons (Fsp3) is 0.316. The number of rotatable bonds is 6. The molecule has 0 aliphatic heterocycles. The van der Waals surface area contributed by atoms with Crippen molar-refractivity contribution in [1.29, 1.82) is 0 Å². The van der Waals surface area contributed by atoms with E-state index in [4.69, 9.17) is 16.3 Å². The normalized spacial score (nSPS) is 13.2. The van der Waals surface area contributed by atoms with Gasteiger partial charge in [0.25, 0.3) is 5.91 Å². The van der Waals surface area contributed by atoms with Gasteiger partial charge in [-0.3, -0.25) is 4.79 Å². The van der Waals surface area contributed by atoms with Crippen LogP contribution >= 0.6 is 11.6 Å². The van der Waals surface area contributed by atoms with Crippen LogP contribution in [0.2, 0.25) is 5.02 Å². The van der Waals surface area contributed by atoms with Crippen molar-refractivity contribution >= 4 is 23.2 Å². The molecule has 0 spiro atoms. The lowest BCUT2D eigenvalue weighted by atomic mass is 9.99. The van der Waals surface area contributed by atoms with Crippen LogP contribution in [0.4, 0.5) is 5.69 Å². The number of hydrogen-bond donors (Lipinski definition) is 1. The van der Waals surface area contributed by atoms with Crippen molar-refractivity contribution in [3.63, 3.8) is 0 Å². The molecule has 1 amide bonds. The van der Waals surface area contributed by atoms with E-state index in [1.165, 1.54) is 5.56 Å². The molecule has 122 valence electrons. The molecule has 0 saturated carbocycles. The van der Waals surface area contributed by atoms with Gasteiger partial charge in [0, 0.05) is 10.7 Å². The smallest absolute Gasteiger partial charge is 0.265 e. The minimum absolute atomic E-state index is 0.193. The summed E-state index contributed by atoms with van der Waals surface area (Å²) in [5.74, 6) is 0.901. The standard InChI is InChI=1S/C19H22ClNO2/c1-4-13(2)15-8-10-17(11-9-15)21-19(22)14(3)23-18-7-5-6-16(20)12-18/h5-14H,4H2,1-3H3,(H,21,22)/t13-,14-/m0/s1. The summed E-state index contributed by atoms with van der Waals surface area (Å²) in [6.45, 7) is 6.06. The molecule has 0 aromatic heterocycles. The second-order valence-corrected chi connectivity index (χ2v) is 6.07. The molecule has 23 heavy (non-hydrogen) atoms. The molecule has 0 heterocycles. The lowest BCUT2D eigenvalue weighted by Gasteiger charge is -2.15. The summed E-state index contributed by atoms with van der Waals surface area (Å²) >= 11 is 5.91. The fourth-order valence-electron chi connectivity index (χ4n) is 2.17. The zero-order valence-electron chi connectivity index (χ0n) is 13.7. The molecule has 2 atom stereocenters. The number of benzene rings is 2. The Kier molecular flexibility index (Phi) is 6.05. The first-order valence-corrected chi connectivity index (χ1v) is 8.20. The quantitative estimate of drug-likeness (QED) is 0.784. The maximum absolute atomic E-state index is 12.2. The molecule has 0 saturated heterocycles. The number of amides is 1. The van der Waals surface area contributed by atoms with E-state index in [9.17, 15) is 4.79 Å². The van der Waals surface area contributed by atoms with Crippen molar-refractivity contribution in [1.82, 2.24) is 0 Å². The summed E-state index contributed by atoms with van der Waals surface area (Å²) < 4.78 is 5.61. The molecule has 0 bridgehead atoms. The summed E-state index contributed by atoms with van der Waals surface area (Å²) in [5.41, 5.74) is 2.04. The highest BCUT2D eigenvalue weighted by Gasteiger charge is 2.15. The first kappa shape index (κ1) is 17.4. The van der Waals surface area contributed by atoms with Crippen molar-refractivity contribution in [2.75, 3.05) is 5.32 Å². The SMILES string of the molecule is CC[C@H](C)c1ccc(NC(=O)[C@H](C)Oc2cccc(Cl)c2)cc1. The van der Waals surface area contributed by atoms with Crippen LogP contribution in [-0.2, 0) is 4.79 Å². The lowest BCUT2D eigenvalue weighted by Crippen LogP contribution is -2.30. The monoisotopic (exact) mass is 331 g/mol. The molecule has 0 aliphatic carbocycles. The molecule has 0 radical (unpaired) electrons. The Morgan fingerprint density at radius 2 is 1.87 bits per heavy atom. The maximum atomic E-state index is 12.2. The molecule has 0 aliphatic rings. The van der Waals surface area contributed by atoms with E-state index in [2.05, 4.69) is 19.2 Å². The van der Waals surface area contributed by atoms with Crippen molar-refractivity contribution < 1.29 is 9.53 Å². The highest BCUT2D eigenvalue weighted by atomic mass is 35.5. The van der Waals surface area contributed by atoms with Crippen LogP contribution in [0.25, 0.3) is 0 Å². The van der Waals surface area contributed by atoms with Crippen LogP contribution in [-0.4, -0.2) is 12.0 Å². The van der Waals surface area contributed by atoms with E-state index < -0.39 is 6.10 Å². The highest BCUT2D eigenvalue weighted by Crippen LogP contribution is 2.21. The Labute approximate surface area is 142 Å². The Balaban J connectivity index is 1.95. The molecule has 2 rings (SSSR count). The van der Waals surface area contributed by atoms with Crippen LogP contribution in [0.3, 0.4) is 0 Å². The molecule has 1 N–H and O–H groups in total. The van der Waals surface area contributed by atoms with Crippen molar-refractivity contribution in [3.8, 4) is 5.75 Å². The summed E-state index contributed by atoms with van der Waals surface area (Å²) in [6, 6.07) is 15.0. The fourth-order valence-corrected chi connectivity index (χ4v) is 2.35. The third kappa shape index (κ3) is 5.00. The summed E-state index contributed by atoms with van der Waals surface area (Å²) in [5, 5.41) is 3.44.